The van der Waals surface area contributed by atoms with Crippen molar-refractivity contribution in [1.82, 2.24) is 15.2 Å². The predicted octanol–water partition coefficient (Wildman–Crippen LogP) is -0.643. The fourth-order valence-corrected chi connectivity index (χ4v) is 5.37. The van der Waals surface area contributed by atoms with E-state index in [2.05, 4.69) is 15.2 Å². The van der Waals surface area contributed by atoms with E-state index in [1.54, 1.807) is 0 Å². The van der Waals surface area contributed by atoms with Gasteiger partial charge in [0.1, 0.15) is 17.6 Å². The second-order valence-electron chi connectivity index (χ2n) is 5.69. The van der Waals surface area contributed by atoms with Crippen molar-refractivity contribution in [3.8, 4) is 0 Å². The number of carbonyl (C=O) groups excluding carboxylic acids is 1. The van der Waals surface area contributed by atoms with E-state index in [-0.39, 0.29) is 6.42 Å². The molecule has 2 aliphatic rings. The number of H-pyrrole nitrogens is 1. The first-order chi connectivity index (χ1) is 10.3. The van der Waals surface area contributed by atoms with Gasteiger partial charge in [-0.25, -0.2) is 4.98 Å². The highest BCUT2D eigenvalue weighted by Crippen LogP contribution is 2.74. The van der Waals surface area contributed by atoms with Crippen LogP contribution in [0.25, 0.3) is 0 Å². The summed E-state index contributed by atoms with van der Waals surface area (Å²) < 4.78 is 0. The van der Waals surface area contributed by atoms with E-state index >= 15 is 0 Å². The molecule has 5 atom stereocenters. The molecule has 9 nitrogen and oxygen atoms in total. The van der Waals surface area contributed by atoms with Crippen LogP contribution in [0.2, 0.25) is 0 Å². The number of aromatic nitrogens is 3. The third-order valence-corrected chi connectivity index (χ3v) is 6.00. The highest BCUT2D eigenvalue weighted by atomic mass is 32.2. The van der Waals surface area contributed by atoms with Gasteiger partial charge in [0.15, 0.2) is 5.16 Å². The number of rotatable bonds is 5. The van der Waals surface area contributed by atoms with E-state index in [1.165, 1.54) is 25.0 Å². The van der Waals surface area contributed by atoms with Crippen molar-refractivity contribution in [2.24, 2.45) is 23.0 Å². The van der Waals surface area contributed by atoms with Crippen molar-refractivity contribution in [2.75, 3.05) is 0 Å². The van der Waals surface area contributed by atoms with Gasteiger partial charge >= 0.3 is 11.9 Å². The van der Waals surface area contributed by atoms with Gasteiger partial charge in [0.05, 0.1) is 11.3 Å². The van der Waals surface area contributed by atoms with Gasteiger partial charge in [-0.3, -0.25) is 19.5 Å². The minimum absolute atomic E-state index is 0.00171. The minimum Gasteiger partial charge on any atom is -0.481 e. The Labute approximate surface area is 128 Å². The predicted molar refractivity (Wildman–Crippen MR) is 72.9 cm³/mol. The van der Waals surface area contributed by atoms with Gasteiger partial charge in [-0.15, -0.1) is 0 Å². The van der Waals surface area contributed by atoms with Crippen LogP contribution < -0.4 is 5.73 Å². The van der Waals surface area contributed by atoms with E-state index < -0.39 is 45.8 Å². The molecule has 1 aromatic rings. The molecule has 2 saturated carbocycles. The number of hydrogen-bond acceptors (Lipinski definition) is 7. The van der Waals surface area contributed by atoms with Gasteiger partial charge in [0, 0.05) is 11.2 Å². The summed E-state index contributed by atoms with van der Waals surface area (Å²) in [5.74, 6) is -4.74. The number of carboxylic acid groups (broad SMARTS) is 2. The van der Waals surface area contributed by atoms with E-state index in [0.717, 1.165) is 0 Å². The first-order valence-electron chi connectivity index (χ1n) is 6.55. The summed E-state index contributed by atoms with van der Waals surface area (Å²) in [7, 11) is 0. The summed E-state index contributed by atoms with van der Waals surface area (Å²) in [6.45, 7) is 1.21. The number of fused-ring (bicyclic) bond motifs is 1. The van der Waals surface area contributed by atoms with Crippen molar-refractivity contribution in [3.05, 3.63) is 6.33 Å². The lowest BCUT2D eigenvalue weighted by atomic mass is 9.77. The smallest absolute Gasteiger partial charge is 0.324 e. The normalized spacial score (nSPS) is 39.3. The van der Waals surface area contributed by atoms with Crippen LogP contribution in [0.15, 0.2) is 11.5 Å². The van der Waals surface area contributed by atoms with Crippen LogP contribution in [0.3, 0.4) is 0 Å². The van der Waals surface area contributed by atoms with Gasteiger partial charge < -0.3 is 15.9 Å². The number of thioether (sulfide) groups is 1. The number of nitrogens with two attached hydrogens (primary N) is 1. The molecular weight excluding hydrogens is 312 g/mol. The Balaban J connectivity index is 2.03. The highest BCUT2D eigenvalue weighted by Gasteiger charge is 2.87. The van der Waals surface area contributed by atoms with Gasteiger partial charge in [0.2, 0.25) is 0 Å². The molecule has 2 fully saturated rings. The zero-order chi connectivity index (χ0) is 16.3. The molecule has 0 saturated heterocycles. The Morgan fingerprint density at radius 3 is 2.59 bits per heavy atom. The maximum atomic E-state index is 12.1. The molecular formula is C12H14N4O5S. The second kappa shape index (κ2) is 4.53. The van der Waals surface area contributed by atoms with Gasteiger partial charge in [-0.1, -0.05) is 11.8 Å². The summed E-state index contributed by atoms with van der Waals surface area (Å²) in [6.07, 6.45) is 1.30. The number of carbonyl (C=O) groups is 3. The summed E-state index contributed by atoms with van der Waals surface area (Å²) in [5.41, 5.74) is 2.59. The van der Waals surface area contributed by atoms with E-state index in [1.807, 2.05) is 0 Å². The van der Waals surface area contributed by atoms with Crippen molar-refractivity contribution in [3.63, 3.8) is 0 Å². The van der Waals surface area contributed by atoms with Crippen molar-refractivity contribution in [1.29, 1.82) is 0 Å². The summed E-state index contributed by atoms with van der Waals surface area (Å²) in [6, 6.07) is 0. The van der Waals surface area contributed by atoms with Crippen LogP contribution >= 0.6 is 11.8 Å². The first kappa shape index (κ1) is 15.0. The number of nitrogens with one attached hydrogen (secondary N) is 1. The standard InChI is InChI=1S/C12H14N4O5S/c1-4(17)12-6(7(12)8(18)19)5(2-11(12,13)9(20)21)22-10-14-3-15-16-10/h3,5-7H,2,13H2,1H3,(H,18,19)(H,20,21)(H,14,15,16). The molecule has 1 aromatic heterocycles. The average Bonchev–Trinajstić information content (AvgIpc) is 2.77. The summed E-state index contributed by atoms with van der Waals surface area (Å²) in [4.78, 5) is 39.2. The SMILES string of the molecule is CC(=O)C12C(C(=O)O)C1C(Sc1ncn[nH]1)CC2(N)C(=O)O. The Morgan fingerprint density at radius 2 is 2.14 bits per heavy atom. The lowest BCUT2D eigenvalue weighted by Gasteiger charge is -2.30. The maximum Gasteiger partial charge on any atom is 0.324 e. The Bertz CT molecular complexity index is 664. The number of ketones is 1. The molecule has 5 N–H and O–H groups in total. The molecule has 5 unspecified atom stereocenters. The monoisotopic (exact) mass is 326 g/mol. The van der Waals surface area contributed by atoms with E-state index in [4.69, 9.17) is 5.73 Å². The average molecular weight is 326 g/mol. The quantitative estimate of drug-likeness (QED) is 0.551. The molecule has 0 radical (unpaired) electrons. The van der Waals surface area contributed by atoms with Crippen LogP contribution in [-0.4, -0.2) is 53.9 Å². The van der Waals surface area contributed by atoms with Crippen LogP contribution in [0.1, 0.15) is 13.3 Å². The van der Waals surface area contributed by atoms with Gasteiger partial charge in [-0.2, -0.15) is 5.10 Å². The number of carboxylic acids is 2. The van der Waals surface area contributed by atoms with Gasteiger partial charge in [0.25, 0.3) is 0 Å². The van der Waals surface area contributed by atoms with Crippen LogP contribution in [0.4, 0.5) is 0 Å². The number of Topliss-reactive ketones (excluding diaryl/α,β-unsaturated/α-hetero) is 1. The summed E-state index contributed by atoms with van der Waals surface area (Å²) in [5, 5.41) is 25.2. The molecule has 0 aromatic carbocycles. The maximum absolute atomic E-state index is 12.1. The molecule has 0 amide bonds. The second-order valence-corrected chi connectivity index (χ2v) is 6.92. The Morgan fingerprint density at radius 1 is 1.45 bits per heavy atom. The van der Waals surface area contributed by atoms with Crippen LogP contribution in [0.5, 0.6) is 0 Å². The fraction of sp³-hybridized carbons (Fsp3) is 0.583. The number of hydrogen-bond donors (Lipinski definition) is 4. The number of nitrogens with zero attached hydrogens (tertiary/aromatic N) is 2. The highest BCUT2D eigenvalue weighted by molar-refractivity contribution is 7.99. The topological polar surface area (TPSA) is 159 Å². The van der Waals surface area contributed by atoms with Crippen LogP contribution in [0, 0.1) is 17.3 Å². The Hall–Kier alpha value is -1.94. The molecule has 0 aliphatic heterocycles. The molecule has 0 spiro atoms. The lowest BCUT2D eigenvalue weighted by molar-refractivity contribution is -0.151. The lowest BCUT2D eigenvalue weighted by Crippen LogP contribution is -2.58. The Kier molecular flexibility index (Phi) is 3.08. The zero-order valence-corrected chi connectivity index (χ0v) is 12.3. The fourth-order valence-electron chi connectivity index (χ4n) is 4.00. The van der Waals surface area contributed by atoms with Crippen molar-refractivity contribution < 1.29 is 24.6 Å². The minimum atomic E-state index is -1.88. The van der Waals surface area contributed by atoms with Crippen LogP contribution in [-0.2, 0) is 14.4 Å². The first-order valence-corrected chi connectivity index (χ1v) is 7.43. The van der Waals surface area contributed by atoms with E-state index in [0.29, 0.717) is 5.16 Å². The largest absolute Gasteiger partial charge is 0.481 e. The van der Waals surface area contributed by atoms with Gasteiger partial charge in [-0.05, 0) is 13.3 Å². The van der Waals surface area contributed by atoms with Crippen molar-refractivity contribution in [2.45, 2.75) is 29.3 Å². The van der Waals surface area contributed by atoms with E-state index in [9.17, 15) is 24.6 Å². The number of aromatic amines is 1. The van der Waals surface area contributed by atoms with Crippen molar-refractivity contribution >= 4 is 29.5 Å². The molecule has 2 aliphatic carbocycles. The molecule has 1 heterocycles. The third-order valence-electron chi connectivity index (χ3n) is 4.81. The third kappa shape index (κ3) is 1.61. The number of aliphatic carboxylic acids is 2. The molecule has 0 bridgehead atoms. The molecule has 118 valence electrons. The molecule has 3 rings (SSSR count). The molecule has 10 heteroatoms. The summed E-state index contributed by atoms with van der Waals surface area (Å²) >= 11 is 1.18. The zero-order valence-electron chi connectivity index (χ0n) is 11.5. The molecule has 22 heavy (non-hydrogen) atoms.